The molecule has 0 bridgehead atoms. The predicted octanol–water partition coefficient (Wildman–Crippen LogP) is 1.81. The van der Waals surface area contributed by atoms with Crippen molar-refractivity contribution in [1.29, 1.82) is 5.26 Å². The molecule has 8 heteroatoms. The van der Waals surface area contributed by atoms with E-state index >= 15 is 0 Å². The van der Waals surface area contributed by atoms with Gasteiger partial charge in [0.25, 0.3) is 0 Å². The maximum atomic E-state index is 11.5. The predicted molar refractivity (Wildman–Crippen MR) is 81.3 cm³/mol. The third-order valence-corrected chi connectivity index (χ3v) is 2.90. The molecule has 0 fully saturated rings. The maximum Gasteiger partial charge on any atom is 0.374 e. The molecule has 8 nitrogen and oxygen atoms in total. The van der Waals surface area contributed by atoms with E-state index < -0.39 is 11.8 Å². The molecule has 1 aromatic carbocycles. The van der Waals surface area contributed by atoms with Gasteiger partial charge < -0.3 is 18.9 Å². The highest BCUT2D eigenvalue weighted by molar-refractivity contribution is 5.67. The van der Waals surface area contributed by atoms with Gasteiger partial charge in [0, 0.05) is 6.92 Å². The molecular formula is C16H15N3O5. The van der Waals surface area contributed by atoms with E-state index in [1.165, 1.54) is 27.2 Å². The Bertz CT molecular complexity index is 738. The topological polar surface area (TPSA) is 104 Å². The molecule has 1 atom stereocenters. The lowest BCUT2D eigenvalue weighted by Crippen LogP contribution is -2.37. The quantitative estimate of drug-likeness (QED) is 0.584. The van der Waals surface area contributed by atoms with Crippen LogP contribution in [0.2, 0.25) is 0 Å². The molecule has 0 saturated carbocycles. The number of esters is 1. The first-order valence-electron chi connectivity index (χ1n) is 6.85. The van der Waals surface area contributed by atoms with Gasteiger partial charge in [-0.3, -0.25) is 4.79 Å². The Kier molecular flexibility index (Phi) is 5.16. The molecule has 124 valence electrons. The van der Waals surface area contributed by atoms with Crippen LogP contribution in [0.15, 0.2) is 36.4 Å². The van der Waals surface area contributed by atoms with Gasteiger partial charge in [0.2, 0.25) is 11.8 Å². The molecule has 1 aromatic heterocycles. The van der Waals surface area contributed by atoms with Crippen molar-refractivity contribution in [2.45, 2.75) is 12.7 Å². The minimum absolute atomic E-state index is 0.166. The van der Waals surface area contributed by atoms with Gasteiger partial charge in [-0.05, 0) is 0 Å². The number of aromatic nitrogens is 2. The summed E-state index contributed by atoms with van der Waals surface area (Å²) in [4.78, 5) is 19.5. The van der Waals surface area contributed by atoms with Crippen LogP contribution in [0.3, 0.4) is 0 Å². The van der Waals surface area contributed by atoms with Gasteiger partial charge in [-0.1, -0.05) is 30.3 Å². The zero-order chi connectivity index (χ0) is 17.6. The molecule has 1 heterocycles. The molecule has 0 N–H and O–H groups in total. The zero-order valence-corrected chi connectivity index (χ0v) is 13.3. The second kappa shape index (κ2) is 7.28. The van der Waals surface area contributed by atoms with E-state index in [1.807, 2.05) is 6.07 Å². The number of benzene rings is 1. The zero-order valence-electron chi connectivity index (χ0n) is 13.3. The van der Waals surface area contributed by atoms with Gasteiger partial charge in [0.15, 0.2) is 6.07 Å². The van der Waals surface area contributed by atoms with E-state index in [4.69, 9.17) is 18.9 Å². The van der Waals surface area contributed by atoms with Crippen molar-refractivity contribution < 1.29 is 23.7 Å². The maximum absolute atomic E-state index is 11.5. The van der Waals surface area contributed by atoms with Gasteiger partial charge >= 0.3 is 17.8 Å². The van der Waals surface area contributed by atoms with E-state index in [0.717, 1.165) is 0 Å². The number of ether oxygens (including phenoxy) is 4. The van der Waals surface area contributed by atoms with Gasteiger partial charge in [0.1, 0.15) is 0 Å². The van der Waals surface area contributed by atoms with Crippen LogP contribution in [0.4, 0.5) is 0 Å². The van der Waals surface area contributed by atoms with Crippen LogP contribution in [-0.2, 0) is 15.3 Å². The molecule has 0 radical (unpaired) electrons. The van der Waals surface area contributed by atoms with Crippen molar-refractivity contribution in [3.63, 3.8) is 0 Å². The Hall–Kier alpha value is -3.34. The van der Waals surface area contributed by atoms with Crippen LogP contribution in [0.25, 0.3) is 0 Å². The lowest BCUT2D eigenvalue weighted by molar-refractivity contribution is -0.182. The smallest absolute Gasteiger partial charge is 0.374 e. The number of hydrogen-bond donors (Lipinski definition) is 0. The fourth-order valence-corrected chi connectivity index (χ4v) is 1.88. The van der Waals surface area contributed by atoms with Crippen LogP contribution in [0, 0.1) is 11.3 Å². The third-order valence-electron chi connectivity index (χ3n) is 2.90. The average molecular weight is 329 g/mol. The van der Waals surface area contributed by atoms with Crippen LogP contribution in [0.1, 0.15) is 12.5 Å². The summed E-state index contributed by atoms with van der Waals surface area (Å²) < 4.78 is 20.7. The first-order chi connectivity index (χ1) is 11.5. The number of carbonyl (C=O) groups is 1. The third kappa shape index (κ3) is 3.70. The molecule has 0 saturated heterocycles. The second-order valence-electron chi connectivity index (χ2n) is 4.53. The standard InChI is InChI=1S/C16H15N3O5/c1-11(20)23-16(10-17,12-7-5-4-6-8-12)24-15-18-13(21-2)9-14(19-15)22-3/h4-9H,1-3H3. The summed E-state index contributed by atoms with van der Waals surface area (Å²) in [5.41, 5.74) is 0.313. The summed E-state index contributed by atoms with van der Waals surface area (Å²) in [5, 5.41) is 9.62. The normalized spacial score (nSPS) is 12.4. The molecule has 1 unspecified atom stereocenters. The van der Waals surface area contributed by atoms with Crippen LogP contribution < -0.4 is 14.2 Å². The number of hydrogen-bond acceptors (Lipinski definition) is 8. The van der Waals surface area contributed by atoms with Crippen molar-refractivity contribution in [3.05, 3.63) is 42.0 Å². The summed E-state index contributed by atoms with van der Waals surface area (Å²) in [7, 11) is 2.82. The van der Waals surface area contributed by atoms with E-state index in [0.29, 0.717) is 5.56 Å². The Morgan fingerprint density at radius 2 is 1.71 bits per heavy atom. The first kappa shape index (κ1) is 17.0. The number of carbonyl (C=O) groups excluding carboxylic acids is 1. The van der Waals surface area contributed by atoms with E-state index in [-0.39, 0.29) is 17.8 Å². The van der Waals surface area contributed by atoms with Crippen LogP contribution in [0.5, 0.6) is 17.8 Å². The lowest BCUT2D eigenvalue weighted by Gasteiger charge is -2.25. The molecule has 24 heavy (non-hydrogen) atoms. The van der Waals surface area contributed by atoms with Gasteiger partial charge in [-0.25, -0.2) is 0 Å². The number of nitrogens with zero attached hydrogens (tertiary/aromatic N) is 3. The summed E-state index contributed by atoms with van der Waals surface area (Å²) in [5.74, 6) is -2.40. The SMILES string of the molecule is COc1cc(OC)nc(OC(C#N)(OC(C)=O)c2ccccc2)n1. The van der Waals surface area contributed by atoms with E-state index in [2.05, 4.69) is 9.97 Å². The fourth-order valence-electron chi connectivity index (χ4n) is 1.88. The first-order valence-corrected chi connectivity index (χ1v) is 6.85. The Balaban J connectivity index is 2.50. The van der Waals surface area contributed by atoms with Crippen LogP contribution >= 0.6 is 0 Å². The fraction of sp³-hybridized carbons (Fsp3) is 0.250. The minimum atomic E-state index is -2.04. The Morgan fingerprint density at radius 3 is 2.17 bits per heavy atom. The molecule has 2 rings (SSSR count). The molecule has 2 aromatic rings. The molecule has 0 amide bonds. The highest BCUT2D eigenvalue weighted by Gasteiger charge is 2.40. The number of methoxy groups -OCH3 is 2. The Morgan fingerprint density at radius 1 is 1.12 bits per heavy atom. The highest BCUT2D eigenvalue weighted by atomic mass is 16.7. The summed E-state index contributed by atoms with van der Waals surface area (Å²) in [6.07, 6.45) is 0. The van der Waals surface area contributed by atoms with Gasteiger partial charge in [0.05, 0.1) is 25.8 Å². The molecule has 0 spiro atoms. The summed E-state index contributed by atoms with van der Waals surface area (Å²) >= 11 is 0. The van der Waals surface area contributed by atoms with Crippen molar-refractivity contribution in [2.24, 2.45) is 0 Å². The van der Waals surface area contributed by atoms with Gasteiger partial charge in [-0.15, -0.1) is 0 Å². The molecule has 0 aliphatic heterocycles. The van der Waals surface area contributed by atoms with Gasteiger partial charge in [-0.2, -0.15) is 15.2 Å². The minimum Gasteiger partial charge on any atom is -0.481 e. The van der Waals surface area contributed by atoms with Crippen molar-refractivity contribution >= 4 is 5.97 Å². The Labute approximate surface area is 138 Å². The molecule has 0 aliphatic carbocycles. The second-order valence-corrected chi connectivity index (χ2v) is 4.53. The monoisotopic (exact) mass is 329 g/mol. The number of nitriles is 1. The van der Waals surface area contributed by atoms with Crippen molar-refractivity contribution in [3.8, 4) is 23.8 Å². The van der Waals surface area contributed by atoms with E-state index in [1.54, 1.807) is 30.3 Å². The molecular weight excluding hydrogens is 314 g/mol. The average Bonchev–Trinajstić information content (AvgIpc) is 2.61. The summed E-state index contributed by atoms with van der Waals surface area (Å²) in [6, 6.07) is 11.4. The van der Waals surface area contributed by atoms with E-state index in [9.17, 15) is 10.1 Å². The molecule has 0 aliphatic rings. The highest BCUT2D eigenvalue weighted by Crippen LogP contribution is 2.30. The van der Waals surface area contributed by atoms with Crippen molar-refractivity contribution in [2.75, 3.05) is 14.2 Å². The lowest BCUT2D eigenvalue weighted by atomic mass is 10.1. The van der Waals surface area contributed by atoms with Crippen LogP contribution in [-0.4, -0.2) is 30.2 Å². The largest absolute Gasteiger partial charge is 0.481 e. The number of rotatable bonds is 6. The summed E-state index contributed by atoms with van der Waals surface area (Å²) in [6.45, 7) is 1.17. The van der Waals surface area contributed by atoms with Crippen molar-refractivity contribution in [1.82, 2.24) is 9.97 Å².